The van der Waals surface area contributed by atoms with Crippen molar-refractivity contribution in [2.75, 3.05) is 0 Å². The molecule has 0 spiro atoms. The molecule has 2 heteroatoms. The number of rotatable bonds is 1. The molecule has 0 radical (unpaired) electrons. The summed E-state index contributed by atoms with van der Waals surface area (Å²) >= 11 is 0. The van der Waals surface area contributed by atoms with Gasteiger partial charge in [0.15, 0.2) is 0 Å². The van der Waals surface area contributed by atoms with Gasteiger partial charge in [-0.3, -0.25) is 0 Å². The van der Waals surface area contributed by atoms with Crippen LogP contribution in [-0.4, -0.2) is 18.8 Å². The van der Waals surface area contributed by atoms with Crippen molar-refractivity contribution in [2.45, 2.75) is 50.5 Å². The summed E-state index contributed by atoms with van der Waals surface area (Å²) in [6.45, 7) is 9.09. The lowest BCUT2D eigenvalue weighted by atomic mass is 9.81. The highest BCUT2D eigenvalue weighted by Crippen LogP contribution is 2.47. The van der Waals surface area contributed by atoms with Gasteiger partial charge < -0.3 is 5.11 Å². The second-order valence-electron chi connectivity index (χ2n) is 4.97. The molecule has 0 aromatic rings. The lowest BCUT2D eigenvalue weighted by Crippen LogP contribution is -2.47. The van der Waals surface area contributed by atoms with Crippen LogP contribution < -0.4 is 0 Å². The van der Waals surface area contributed by atoms with Crippen LogP contribution in [0, 0.1) is 0 Å². The molecule has 1 rings (SSSR count). The van der Waals surface area contributed by atoms with E-state index < -0.39 is 8.07 Å². The Hall–Kier alpha value is 0.177. The van der Waals surface area contributed by atoms with Crippen LogP contribution >= 0.6 is 0 Å². The third-order valence-electron chi connectivity index (χ3n) is 2.60. The third kappa shape index (κ3) is 1.61. The summed E-state index contributed by atoms with van der Waals surface area (Å²) in [6, 6.07) is 0. The van der Waals surface area contributed by atoms with Gasteiger partial charge in [0.1, 0.15) is 0 Å². The fourth-order valence-electron chi connectivity index (χ4n) is 1.61. The van der Waals surface area contributed by atoms with E-state index in [-0.39, 0.29) is 5.60 Å². The first-order valence-corrected chi connectivity index (χ1v) is 7.61. The fourth-order valence-corrected chi connectivity index (χ4v) is 3.72. The molecule has 0 aromatic carbocycles. The molecule has 1 N–H and O–H groups in total. The number of aliphatic hydroxyl groups is 1. The third-order valence-corrected chi connectivity index (χ3v) is 5.45. The zero-order valence-electron chi connectivity index (χ0n) is 7.44. The molecule has 1 nitrogen and oxygen atoms in total. The predicted octanol–water partition coefficient (Wildman–Crippen LogP) is 2.24. The predicted molar refractivity (Wildman–Crippen MR) is 47.0 cm³/mol. The Morgan fingerprint density at radius 2 is 1.70 bits per heavy atom. The summed E-state index contributed by atoms with van der Waals surface area (Å²) in [5.74, 6) is 0. The summed E-state index contributed by atoms with van der Waals surface area (Å²) in [5, 5.41) is 9.47. The Morgan fingerprint density at radius 1 is 1.30 bits per heavy atom. The van der Waals surface area contributed by atoms with Gasteiger partial charge >= 0.3 is 0 Å². The first-order valence-electron chi connectivity index (χ1n) is 4.04. The van der Waals surface area contributed by atoms with E-state index in [4.69, 9.17) is 0 Å². The Morgan fingerprint density at radius 3 is 1.80 bits per heavy atom. The van der Waals surface area contributed by atoms with E-state index in [9.17, 15) is 5.11 Å². The average Bonchev–Trinajstić information content (AvgIpc) is 1.56. The lowest BCUT2D eigenvalue weighted by molar-refractivity contribution is -0.0162. The van der Waals surface area contributed by atoms with Gasteiger partial charge in [0.05, 0.1) is 5.60 Å². The Kier molecular flexibility index (Phi) is 1.72. The van der Waals surface area contributed by atoms with Crippen LogP contribution in [0.3, 0.4) is 0 Å². The summed E-state index contributed by atoms with van der Waals surface area (Å²) in [4.78, 5) is 0. The smallest absolute Gasteiger partial charge is 0.0619 e. The summed E-state index contributed by atoms with van der Waals surface area (Å²) < 4.78 is 0. The molecule has 0 bridgehead atoms. The Balaban J connectivity index is 2.40. The highest BCUT2D eigenvalue weighted by Gasteiger charge is 2.44. The average molecular weight is 158 g/mol. The van der Waals surface area contributed by atoms with E-state index in [1.165, 1.54) is 0 Å². The maximum Gasteiger partial charge on any atom is 0.0619 e. The van der Waals surface area contributed by atoms with E-state index in [1.807, 2.05) is 6.92 Å². The maximum atomic E-state index is 9.47. The van der Waals surface area contributed by atoms with Gasteiger partial charge in [-0.05, 0) is 25.3 Å². The molecular weight excluding hydrogens is 140 g/mol. The molecule has 0 atom stereocenters. The Labute approximate surface area is 64.5 Å². The van der Waals surface area contributed by atoms with Crippen molar-refractivity contribution in [3.8, 4) is 0 Å². The molecule has 1 aliphatic carbocycles. The van der Waals surface area contributed by atoms with Crippen molar-refractivity contribution in [3.05, 3.63) is 0 Å². The minimum absolute atomic E-state index is 0.315. The lowest BCUT2D eigenvalue weighted by Gasteiger charge is -2.47. The first-order chi connectivity index (χ1) is 4.31. The second kappa shape index (κ2) is 2.08. The van der Waals surface area contributed by atoms with Crippen molar-refractivity contribution in [1.82, 2.24) is 0 Å². The van der Waals surface area contributed by atoms with Crippen LogP contribution in [0.1, 0.15) is 19.8 Å². The molecular formula is C8H18OSi. The van der Waals surface area contributed by atoms with Gasteiger partial charge in [0.25, 0.3) is 0 Å². The minimum atomic E-state index is -0.923. The van der Waals surface area contributed by atoms with E-state index in [1.54, 1.807) is 0 Å². The van der Waals surface area contributed by atoms with Crippen molar-refractivity contribution in [1.29, 1.82) is 0 Å². The first kappa shape index (κ1) is 8.28. The summed E-state index contributed by atoms with van der Waals surface area (Å²) in [7, 11) is -0.923. The molecule has 60 valence electrons. The van der Waals surface area contributed by atoms with Crippen molar-refractivity contribution < 1.29 is 5.11 Å². The Bertz CT molecular complexity index is 127. The van der Waals surface area contributed by atoms with Gasteiger partial charge in [0, 0.05) is 8.07 Å². The standard InChI is InChI=1S/C8H18OSi/c1-8(9)5-7(6-8)10(2,3)4/h7,9H,5-6H2,1-4H3. The highest BCUT2D eigenvalue weighted by molar-refractivity contribution is 6.77. The minimum Gasteiger partial charge on any atom is -0.390 e. The zero-order valence-corrected chi connectivity index (χ0v) is 8.44. The molecule has 10 heavy (non-hydrogen) atoms. The fraction of sp³-hybridized carbons (Fsp3) is 1.00. The summed E-state index contributed by atoms with van der Waals surface area (Å²) in [5.41, 5.74) is 0.549. The molecule has 1 saturated carbocycles. The second-order valence-corrected chi connectivity index (χ2v) is 10.5. The zero-order chi connectivity index (χ0) is 7.99. The molecule has 0 heterocycles. The van der Waals surface area contributed by atoms with Gasteiger partial charge in [-0.15, -0.1) is 0 Å². The van der Waals surface area contributed by atoms with Crippen LogP contribution in [0.5, 0.6) is 0 Å². The molecule has 0 unspecified atom stereocenters. The van der Waals surface area contributed by atoms with Crippen molar-refractivity contribution in [3.63, 3.8) is 0 Å². The van der Waals surface area contributed by atoms with Gasteiger partial charge in [0.2, 0.25) is 0 Å². The molecule has 1 fully saturated rings. The van der Waals surface area contributed by atoms with Crippen LogP contribution in [0.4, 0.5) is 0 Å². The number of hydrogen-bond acceptors (Lipinski definition) is 1. The van der Waals surface area contributed by atoms with E-state index in [0.29, 0.717) is 0 Å². The molecule has 0 aliphatic heterocycles. The highest BCUT2D eigenvalue weighted by atomic mass is 28.3. The monoisotopic (exact) mass is 158 g/mol. The van der Waals surface area contributed by atoms with Gasteiger partial charge in [-0.2, -0.15) is 0 Å². The number of hydrogen-bond donors (Lipinski definition) is 1. The van der Waals surface area contributed by atoms with Gasteiger partial charge in [-0.25, -0.2) is 0 Å². The van der Waals surface area contributed by atoms with Crippen molar-refractivity contribution in [2.24, 2.45) is 0 Å². The van der Waals surface area contributed by atoms with Crippen LogP contribution in [-0.2, 0) is 0 Å². The van der Waals surface area contributed by atoms with Crippen LogP contribution in [0.15, 0.2) is 0 Å². The van der Waals surface area contributed by atoms with E-state index in [2.05, 4.69) is 19.6 Å². The maximum absolute atomic E-state index is 9.47. The molecule has 1 aliphatic rings. The van der Waals surface area contributed by atoms with Gasteiger partial charge in [-0.1, -0.05) is 19.6 Å². The van der Waals surface area contributed by atoms with E-state index >= 15 is 0 Å². The molecule has 0 amide bonds. The molecule has 0 saturated heterocycles. The molecule has 0 aromatic heterocycles. The SMILES string of the molecule is CC1(O)CC([Si](C)(C)C)C1. The van der Waals surface area contributed by atoms with Crippen LogP contribution in [0.25, 0.3) is 0 Å². The van der Waals surface area contributed by atoms with Crippen molar-refractivity contribution >= 4 is 8.07 Å². The quantitative estimate of drug-likeness (QED) is 0.580. The topological polar surface area (TPSA) is 20.2 Å². The van der Waals surface area contributed by atoms with Crippen LogP contribution in [0.2, 0.25) is 25.2 Å². The summed E-state index contributed by atoms with van der Waals surface area (Å²) in [6.07, 6.45) is 2.09. The largest absolute Gasteiger partial charge is 0.390 e. The van der Waals surface area contributed by atoms with E-state index in [0.717, 1.165) is 18.4 Å². The normalized spacial score (nSPS) is 41.1.